The average Bonchev–Trinajstić information content (AvgIpc) is 2.89. The fourth-order valence-electron chi connectivity index (χ4n) is 2.80. The van der Waals surface area contributed by atoms with Crippen LogP contribution in [-0.4, -0.2) is 29.7 Å². The second-order valence-electron chi connectivity index (χ2n) is 4.89. The molecule has 4 nitrogen and oxygen atoms in total. The number of nitrogens with two attached hydrogens (primary N) is 1. The summed E-state index contributed by atoms with van der Waals surface area (Å²) in [6.45, 7) is 0.782. The van der Waals surface area contributed by atoms with E-state index in [9.17, 15) is 4.79 Å². The van der Waals surface area contributed by atoms with Gasteiger partial charge in [-0.15, -0.1) is 5.06 Å². The third kappa shape index (κ3) is 1.94. The van der Waals surface area contributed by atoms with Crippen LogP contribution in [0.15, 0.2) is 30.3 Å². The summed E-state index contributed by atoms with van der Waals surface area (Å²) in [5.41, 5.74) is 6.55. The van der Waals surface area contributed by atoms with Gasteiger partial charge in [0.1, 0.15) is 0 Å². The van der Waals surface area contributed by atoms with Gasteiger partial charge in [0.15, 0.2) is 0 Å². The Morgan fingerprint density at radius 1 is 1.29 bits per heavy atom. The van der Waals surface area contributed by atoms with E-state index in [1.807, 2.05) is 23.3 Å². The van der Waals surface area contributed by atoms with Crippen molar-refractivity contribution in [1.82, 2.24) is 5.06 Å². The Hall–Kier alpha value is -1.39. The van der Waals surface area contributed by atoms with E-state index in [2.05, 4.69) is 0 Å². The molecule has 1 saturated heterocycles. The fourth-order valence-corrected chi connectivity index (χ4v) is 2.80. The minimum absolute atomic E-state index is 0.272. The lowest BCUT2D eigenvalue weighted by atomic mass is 10.1. The van der Waals surface area contributed by atoms with Crippen molar-refractivity contribution in [3.05, 3.63) is 35.9 Å². The Labute approximate surface area is 100 Å². The van der Waals surface area contributed by atoms with Crippen molar-refractivity contribution in [3.8, 4) is 0 Å². The first-order valence-electron chi connectivity index (χ1n) is 6.03. The summed E-state index contributed by atoms with van der Waals surface area (Å²) in [6, 6.07) is 9.69. The molecule has 1 aliphatic carbocycles. The second-order valence-corrected chi connectivity index (χ2v) is 4.89. The Bertz CT molecular complexity index is 419. The van der Waals surface area contributed by atoms with Crippen molar-refractivity contribution in [3.63, 3.8) is 0 Å². The van der Waals surface area contributed by atoms with Gasteiger partial charge in [-0.25, -0.2) is 4.79 Å². The van der Waals surface area contributed by atoms with Gasteiger partial charge < -0.3 is 10.6 Å². The Morgan fingerprint density at radius 3 is 2.65 bits per heavy atom. The van der Waals surface area contributed by atoms with E-state index < -0.39 is 0 Å². The summed E-state index contributed by atoms with van der Waals surface area (Å²) in [6.07, 6.45) is 2.00. The lowest BCUT2D eigenvalue weighted by Gasteiger charge is -2.28. The van der Waals surface area contributed by atoms with Crippen LogP contribution >= 0.6 is 0 Å². The number of carbonyl (C=O) groups excluding carboxylic acids is 1. The molecule has 0 spiro atoms. The van der Waals surface area contributed by atoms with Gasteiger partial charge in [-0.3, -0.25) is 0 Å². The lowest BCUT2D eigenvalue weighted by Crippen LogP contribution is -2.42. The smallest absolute Gasteiger partial charge is 0.357 e. The Morgan fingerprint density at radius 2 is 2.06 bits per heavy atom. The molecular weight excluding hydrogens is 216 g/mol. The van der Waals surface area contributed by atoms with Crippen molar-refractivity contribution in [2.45, 2.75) is 24.9 Å². The van der Waals surface area contributed by atoms with Crippen molar-refractivity contribution >= 4 is 5.97 Å². The number of rotatable bonds is 2. The van der Waals surface area contributed by atoms with E-state index in [0.29, 0.717) is 17.5 Å². The monoisotopic (exact) mass is 232 g/mol. The van der Waals surface area contributed by atoms with Crippen LogP contribution in [-0.2, 0) is 4.84 Å². The normalized spacial score (nSPS) is 31.7. The van der Waals surface area contributed by atoms with Crippen LogP contribution in [0.2, 0.25) is 0 Å². The van der Waals surface area contributed by atoms with Gasteiger partial charge in [0.05, 0.1) is 5.56 Å². The number of hydroxylamine groups is 2. The largest absolute Gasteiger partial charge is 0.364 e. The molecule has 1 heterocycles. The molecular formula is C13H16N2O2. The first-order valence-corrected chi connectivity index (χ1v) is 6.03. The Balaban J connectivity index is 1.64. The van der Waals surface area contributed by atoms with E-state index in [1.54, 1.807) is 12.1 Å². The molecule has 1 aromatic rings. The van der Waals surface area contributed by atoms with Gasteiger partial charge in [0.2, 0.25) is 0 Å². The maximum absolute atomic E-state index is 11.9. The highest BCUT2D eigenvalue weighted by Crippen LogP contribution is 2.36. The van der Waals surface area contributed by atoms with Crippen LogP contribution < -0.4 is 5.73 Å². The maximum atomic E-state index is 11.9. The molecule has 3 atom stereocenters. The van der Waals surface area contributed by atoms with Gasteiger partial charge in [-0.1, -0.05) is 18.2 Å². The first-order chi connectivity index (χ1) is 8.24. The summed E-state index contributed by atoms with van der Waals surface area (Å²) in [4.78, 5) is 17.3. The summed E-state index contributed by atoms with van der Waals surface area (Å²) in [7, 11) is 0. The zero-order valence-electron chi connectivity index (χ0n) is 9.58. The maximum Gasteiger partial charge on any atom is 0.357 e. The minimum Gasteiger partial charge on any atom is -0.364 e. The van der Waals surface area contributed by atoms with Gasteiger partial charge in [0, 0.05) is 18.6 Å². The van der Waals surface area contributed by atoms with Crippen LogP contribution in [0.1, 0.15) is 23.2 Å². The third-order valence-corrected chi connectivity index (χ3v) is 3.76. The third-order valence-electron chi connectivity index (χ3n) is 3.76. The van der Waals surface area contributed by atoms with E-state index in [0.717, 1.165) is 19.4 Å². The van der Waals surface area contributed by atoms with E-state index in [4.69, 9.17) is 10.6 Å². The van der Waals surface area contributed by atoms with Crippen molar-refractivity contribution in [1.29, 1.82) is 0 Å². The number of nitrogens with zero attached hydrogens (tertiary/aromatic N) is 1. The quantitative estimate of drug-likeness (QED) is 0.832. The van der Waals surface area contributed by atoms with Gasteiger partial charge in [-0.2, -0.15) is 0 Å². The molecule has 1 saturated carbocycles. The number of piperidine rings is 1. The molecule has 2 aliphatic rings. The molecule has 0 radical (unpaired) electrons. The standard InChI is InChI=1S/C13H16N2O2/c14-12-7-11-6-10(12)8-15(11)17-13(16)9-4-2-1-3-5-9/h1-5,10-12H,6-8,14H2. The molecule has 3 rings (SSSR count). The lowest BCUT2D eigenvalue weighted by molar-refractivity contribution is -0.130. The van der Waals surface area contributed by atoms with E-state index in [-0.39, 0.29) is 12.0 Å². The molecule has 3 unspecified atom stereocenters. The highest BCUT2D eigenvalue weighted by atomic mass is 16.7. The molecule has 0 amide bonds. The zero-order chi connectivity index (χ0) is 11.8. The number of hydrogen-bond donors (Lipinski definition) is 1. The second kappa shape index (κ2) is 4.13. The molecule has 1 aromatic carbocycles. The molecule has 90 valence electrons. The minimum atomic E-state index is -0.272. The predicted octanol–water partition coefficient (Wildman–Crippen LogP) is 1.18. The molecule has 0 aromatic heterocycles. The van der Waals surface area contributed by atoms with Crippen LogP contribution in [0.3, 0.4) is 0 Å². The van der Waals surface area contributed by atoms with Crippen molar-refractivity contribution in [2.75, 3.05) is 6.54 Å². The van der Waals surface area contributed by atoms with Gasteiger partial charge >= 0.3 is 5.97 Å². The predicted molar refractivity (Wildman–Crippen MR) is 63.1 cm³/mol. The zero-order valence-corrected chi connectivity index (χ0v) is 9.58. The number of benzene rings is 1. The SMILES string of the molecule is NC1CC2CC1CN2OC(=O)c1ccccc1. The number of hydrogen-bond acceptors (Lipinski definition) is 4. The highest BCUT2D eigenvalue weighted by molar-refractivity contribution is 5.89. The van der Waals surface area contributed by atoms with Crippen LogP contribution in [0.4, 0.5) is 0 Å². The average molecular weight is 232 g/mol. The van der Waals surface area contributed by atoms with E-state index >= 15 is 0 Å². The van der Waals surface area contributed by atoms with Crippen LogP contribution in [0.5, 0.6) is 0 Å². The topological polar surface area (TPSA) is 55.6 Å². The number of carbonyl (C=O) groups is 1. The van der Waals surface area contributed by atoms with Crippen molar-refractivity contribution < 1.29 is 9.63 Å². The van der Waals surface area contributed by atoms with Crippen LogP contribution in [0.25, 0.3) is 0 Å². The molecule has 1 aliphatic heterocycles. The summed E-state index contributed by atoms with van der Waals surface area (Å²) < 4.78 is 0. The van der Waals surface area contributed by atoms with Gasteiger partial charge in [-0.05, 0) is 30.9 Å². The van der Waals surface area contributed by atoms with Crippen LogP contribution in [0, 0.1) is 5.92 Å². The molecule has 4 heteroatoms. The fraction of sp³-hybridized carbons (Fsp3) is 0.462. The summed E-state index contributed by atoms with van der Waals surface area (Å²) in [5.74, 6) is 0.218. The first kappa shape index (κ1) is 10.7. The summed E-state index contributed by atoms with van der Waals surface area (Å²) >= 11 is 0. The molecule has 2 bridgehead atoms. The van der Waals surface area contributed by atoms with Gasteiger partial charge in [0.25, 0.3) is 0 Å². The molecule has 2 fully saturated rings. The highest BCUT2D eigenvalue weighted by Gasteiger charge is 2.45. The van der Waals surface area contributed by atoms with E-state index in [1.165, 1.54) is 0 Å². The molecule has 17 heavy (non-hydrogen) atoms. The molecule has 2 N–H and O–H groups in total. The summed E-state index contributed by atoms with van der Waals surface area (Å²) in [5, 5.41) is 1.81. The van der Waals surface area contributed by atoms with Crippen molar-refractivity contribution in [2.24, 2.45) is 11.7 Å². The Kier molecular flexibility index (Phi) is 2.61. The number of fused-ring (bicyclic) bond motifs is 2.